The highest BCUT2D eigenvalue weighted by Crippen LogP contribution is 2.38. The van der Waals surface area contributed by atoms with Crippen molar-refractivity contribution >= 4 is 54.9 Å². The molecule has 0 saturated heterocycles. The number of carboxylic acids is 1. The molecule has 0 amide bonds. The molecule has 0 aliphatic heterocycles. The molecule has 4 N–H and O–H groups in total. The number of carbonyl (C=O) groups excluding carboxylic acids is 1. The molecule has 1 aromatic heterocycles. The molecule has 50 heavy (non-hydrogen) atoms. The lowest BCUT2D eigenvalue weighted by Crippen LogP contribution is -2.38. The highest BCUT2D eigenvalue weighted by Gasteiger charge is 2.28. The lowest BCUT2D eigenvalue weighted by Gasteiger charge is -2.24. The van der Waals surface area contributed by atoms with Gasteiger partial charge in [-0.1, -0.05) is 49.2 Å². The van der Waals surface area contributed by atoms with E-state index in [2.05, 4.69) is 10.1 Å². The number of pyridine rings is 1. The Morgan fingerprint density at radius 2 is 1.68 bits per heavy atom. The molecule has 2 aromatic carbocycles. The van der Waals surface area contributed by atoms with Gasteiger partial charge < -0.3 is 35.6 Å². The molecule has 0 bridgehead atoms. The van der Waals surface area contributed by atoms with Gasteiger partial charge in [-0.15, -0.1) is 0 Å². The van der Waals surface area contributed by atoms with Crippen LogP contribution in [0.25, 0.3) is 0 Å². The number of nitrogens with zero attached hydrogens (tertiary/aromatic N) is 1. The first-order valence-electron chi connectivity index (χ1n) is 15.0. The molecule has 1 aliphatic carbocycles. The monoisotopic (exact) mass is 783 g/mol. The number of benzene rings is 2. The molecule has 18 heteroatoms. The van der Waals surface area contributed by atoms with E-state index in [1.54, 1.807) is 13.8 Å². The molecule has 3 aromatic rings. The number of carbonyl (C=O) groups is 2. The molecule has 0 radical (unpaired) electrons. The van der Waals surface area contributed by atoms with Crippen molar-refractivity contribution in [3.8, 4) is 11.5 Å². The smallest absolute Gasteiger partial charge is 0.387 e. The number of aromatic nitrogens is 1. The van der Waals surface area contributed by atoms with Crippen molar-refractivity contribution in [3.05, 3.63) is 86.8 Å². The van der Waals surface area contributed by atoms with Gasteiger partial charge in [-0.2, -0.15) is 13.5 Å². The summed E-state index contributed by atoms with van der Waals surface area (Å²) in [6, 6.07) is 8.25. The Morgan fingerprint density at radius 1 is 1.08 bits per heavy atom. The third kappa shape index (κ3) is 14.0. The molecule has 1 saturated carbocycles. The van der Waals surface area contributed by atoms with Crippen LogP contribution in [0.4, 0.5) is 8.78 Å². The first-order chi connectivity index (χ1) is 23.4. The zero-order chi connectivity index (χ0) is 37.8. The van der Waals surface area contributed by atoms with Gasteiger partial charge in [0.2, 0.25) is 0 Å². The van der Waals surface area contributed by atoms with Crippen molar-refractivity contribution < 1.29 is 50.8 Å². The Bertz CT molecular complexity index is 1690. The summed E-state index contributed by atoms with van der Waals surface area (Å²) in [5.41, 5.74) is 6.66. The third-order valence-corrected chi connectivity index (χ3v) is 8.79. The van der Waals surface area contributed by atoms with E-state index in [0.29, 0.717) is 28.4 Å². The molecule has 0 spiro atoms. The van der Waals surface area contributed by atoms with Crippen LogP contribution in [0.2, 0.25) is 10.0 Å². The Balaban J connectivity index is 0.000000449. The summed E-state index contributed by atoms with van der Waals surface area (Å²) in [6.45, 7) is 0.872. The van der Waals surface area contributed by atoms with Crippen LogP contribution in [0.5, 0.6) is 11.5 Å². The van der Waals surface area contributed by atoms with E-state index in [0.717, 1.165) is 31.3 Å². The van der Waals surface area contributed by atoms with Crippen molar-refractivity contribution in [2.75, 3.05) is 20.7 Å². The van der Waals surface area contributed by atoms with Crippen molar-refractivity contribution in [2.24, 2.45) is 17.6 Å². The zero-order valence-corrected chi connectivity index (χ0v) is 30.5. The van der Waals surface area contributed by atoms with Gasteiger partial charge in [0.25, 0.3) is 9.05 Å². The predicted octanol–water partition coefficient (Wildman–Crippen LogP) is 5.98. The Morgan fingerprint density at radius 3 is 2.18 bits per heavy atom. The highest BCUT2D eigenvalue weighted by atomic mass is 35.7. The number of nitrogens with two attached hydrogens (primary N) is 1. The first kappa shape index (κ1) is 42.7. The second-order valence-corrected chi connectivity index (χ2v) is 14.7. The third-order valence-electron chi connectivity index (χ3n) is 6.79. The SMILES string of the molecule is CC(C)[C@H](N)C(=O)O[C@@H](Cc1c(Cl)c[n+]([O-])cc1Cl)c1ccc(OC(F)F)c(OCC2CC2)c1.CNC.O=C(O)c1cccc(S(=O)(=O)Cl)c1. The number of esters is 1. The number of aromatic carboxylic acids is 1. The first-order valence-corrected chi connectivity index (χ1v) is 18.0. The second kappa shape index (κ2) is 19.8. The van der Waals surface area contributed by atoms with E-state index in [-0.39, 0.29) is 44.3 Å². The maximum absolute atomic E-state index is 12.9. The molecule has 12 nitrogen and oxygen atoms in total. The Kier molecular flexibility index (Phi) is 16.9. The van der Waals surface area contributed by atoms with Crippen LogP contribution < -0.4 is 25.3 Å². The minimum Gasteiger partial charge on any atom is -0.619 e. The number of carboxylic acid groups (broad SMARTS) is 1. The fourth-order valence-electron chi connectivity index (χ4n) is 3.93. The van der Waals surface area contributed by atoms with E-state index in [1.807, 2.05) is 14.1 Å². The quantitative estimate of drug-likeness (QED) is 0.0804. The minimum atomic E-state index is -3.85. The molecule has 0 unspecified atom stereocenters. The Hall–Kier alpha value is -3.47. The molecule has 276 valence electrons. The summed E-state index contributed by atoms with van der Waals surface area (Å²) >= 11 is 12.4. The lowest BCUT2D eigenvalue weighted by molar-refractivity contribution is -0.605. The topological polar surface area (TPSA) is 181 Å². The molecule has 4 rings (SSSR count). The number of hydrogen-bond donors (Lipinski definition) is 3. The molecule has 1 heterocycles. The van der Waals surface area contributed by atoms with Gasteiger partial charge in [-0.25, -0.2) is 13.2 Å². The molecule has 1 aliphatic rings. The van der Waals surface area contributed by atoms with Crippen molar-refractivity contribution in [3.63, 3.8) is 0 Å². The van der Waals surface area contributed by atoms with Gasteiger partial charge in [-0.05, 0) is 74.7 Å². The van der Waals surface area contributed by atoms with Crippen LogP contribution in [0.1, 0.15) is 54.3 Å². The van der Waals surface area contributed by atoms with Crippen molar-refractivity contribution in [1.82, 2.24) is 5.32 Å². The fourth-order valence-corrected chi connectivity index (χ4v) is 5.33. The maximum Gasteiger partial charge on any atom is 0.387 e. The molecule has 2 atom stereocenters. The van der Waals surface area contributed by atoms with Gasteiger partial charge in [-0.3, -0.25) is 4.79 Å². The van der Waals surface area contributed by atoms with E-state index >= 15 is 0 Å². The lowest BCUT2D eigenvalue weighted by atomic mass is 10.0. The van der Waals surface area contributed by atoms with Crippen LogP contribution in [0.15, 0.2) is 59.8 Å². The standard InChI is InChI=1S/C23H26Cl2F2N2O5.C7H5ClO4S.C2H7N/c1-12(2)21(28)22(30)33-19(8-15-16(24)9-29(31)10-17(15)25)14-5-6-18(34-23(26)27)20(7-14)32-11-13-3-4-13;8-13(11,12)6-3-1-2-5(4-6)7(9)10;1-3-2/h5-7,9-10,12-13,19,21,23H,3-4,8,11,28H2,1-2H3;1-4H,(H,9,10);3H,1-2H3/t19-,21-;;/m0../s1. The molecule has 1 fully saturated rings. The fraction of sp³-hybridized carbons (Fsp3) is 0.406. The molecular formula is C32H38Cl3F2N3O9S. The number of halogens is 5. The van der Waals surface area contributed by atoms with Gasteiger partial charge in [0.15, 0.2) is 23.9 Å². The number of alkyl halides is 2. The van der Waals surface area contributed by atoms with E-state index in [1.165, 1.54) is 36.4 Å². The number of hydrogen-bond acceptors (Lipinski definition) is 10. The van der Waals surface area contributed by atoms with Crippen LogP contribution in [0, 0.1) is 17.0 Å². The van der Waals surface area contributed by atoms with Crippen LogP contribution in [-0.2, 0) is 25.0 Å². The largest absolute Gasteiger partial charge is 0.619 e. The molecular weight excluding hydrogens is 747 g/mol. The predicted molar refractivity (Wildman–Crippen MR) is 183 cm³/mol. The summed E-state index contributed by atoms with van der Waals surface area (Å²) in [4.78, 5) is 22.9. The number of ether oxygens (including phenoxy) is 3. The van der Waals surface area contributed by atoms with Gasteiger partial charge in [0.05, 0.1) is 17.1 Å². The normalized spacial score (nSPS) is 13.7. The summed E-state index contributed by atoms with van der Waals surface area (Å²) in [5, 5.41) is 23.1. The van der Waals surface area contributed by atoms with Gasteiger partial charge in [0, 0.05) is 22.7 Å². The summed E-state index contributed by atoms with van der Waals surface area (Å²) in [5.74, 6) is -1.71. The van der Waals surface area contributed by atoms with Crippen LogP contribution in [-0.4, -0.2) is 58.8 Å². The van der Waals surface area contributed by atoms with Crippen molar-refractivity contribution in [1.29, 1.82) is 0 Å². The zero-order valence-electron chi connectivity index (χ0n) is 27.4. The number of nitrogens with one attached hydrogen (secondary N) is 1. The van der Waals surface area contributed by atoms with E-state index in [9.17, 15) is 32.0 Å². The van der Waals surface area contributed by atoms with Crippen molar-refractivity contribution in [2.45, 2.75) is 56.8 Å². The van der Waals surface area contributed by atoms with Crippen LogP contribution in [0.3, 0.4) is 0 Å². The van der Waals surface area contributed by atoms with Gasteiger partial charge >= 0.3 is 18.6 Å². The average molecular weight is 785 g/mol. The number of rotatable bonds is 13. The van der Waals surface area contributed by atoms with E-state index < -0.39 is 39.7 Å². The summed E-state index contributed by atoms with van der Waals surface area (Å²) in [6.07, 6.45) is 3.33. The average Bonchev–Trinajstić information content (AvgIpc) is 3.86. The highest BCUT2D eigenvalue weighted by molar-refractivity contribution is 8.13. The second-order valence-electron chi connectivity index (χ2n) is 11.3. The Labute approximate surface area is 303 Å². The minimum absolute atomic E-state index is 0.00613. The summed E-state index contributed by atoms with van der Waals surface area (Å²) < 4.78 is 63.9. The maximum atomic E-state index is 12.9. The van der Waals surface area contributed by atoms with Crippen LogP contribution >= 0.6 is 33.9 Å². The van der Waals surface area contributed by atoms with E-state index in [4.69, 9.17) is 54.2 Å². The van der Waals surface area contributed by atoms with Gasteiger partial charge in [0.1, 0.15) is 22.2 Å². The summed E-state index contributed by atoms with van der Waals surface area (Å²) in [7, 11) is 4.91.